The van der Waals surface area contributed by atoms with Gasteiger partial charge in [0.05, 0.1) is 17.9 Å². The fraction of sp³-hybridized carbons (Fsp3) is 0.562. The summed E-state index contributed by atoms with van der Waals surface area (Å²) in [6.45, 7) is 0.486. The number of nitrogens with zero attached hydrogens (tertiary/aromatic N) is 2. The molecule has 1 saturated carbocycles. The second kappa shape index (κ2) is 5.76. The number of fused-ring (bicyclic) bond motifs is 1. The molecule has 1 aliphatic heterocycles. The molecule has 1 heterocycles. The molecule has 3 rings (SSSR count). The van der Waals surface area contributed by atoms with Gasteiger partial charge in [0.15, 0.2) is 0 Å². The first-order valence-electron chi connectivity index (χ1n) is 7.49. The molecule has 0 aromatic heterocycles. The summed E-state index contributed by atoms with van der Waals surface area (Å²) < 4.78 is 1.07. The Kier molecular flexibility index (Phi) is 4.01. The molecule has 1 fully saturated rings. The average molecular weight is 337 g/mol. The summed E-state index contributed by atoms with van der Waals surface area (Å²) in [5.74, 6) is 0.245. The van der Waals surface area contributed by atoms with E-state index in [0.29, 0.717) is 12.6 Å². The van der Waals surface area contributed by atoms with E-state index >= 15 is 0 Å². The molecule has 0 atom stereocenters. The number of anilines is 2. The van der Waals surface area contributed by atoms with Gasteiger partial charge in [-0.25, -0.2) is 0 Å². The molecule has 1 aromatic carbocycles. The first-order valence-corrected chi connectivity index (χ1v) is 8.29. The summed E-state index contributed by atoms with van der Waals surface area (Å²) in [7, 11) is 1.99. The number of benzene rings is 1. The highest BCUT2D eigenvalue weighted by Gasteiger charge is 2.32. The topological polar surface area (TPSA) is 23.6 Å². The fourth-order valence-corrected chi connectivity index (χ4v) is 3.77. The van der Waals surface area contributed by atoms with E-state index in [2.05, 4.69) is 37.9 Å². The highest BCUT2D eigenvalue weighted by atomic mass is 79.9. The van der Waals surface area contributed by atoms with Crippen molar-refractivity contribution in [3.8, 4) is 0 Å². The van der Waals surface area contributed by atoms with Gasteiger partial charge in [-0.05, 0) is 31.0 Å². The van der Waals surface area contributed by atoms with Crippen LogP contribution in [0.5, 0.6) is 0 Å². The molecular weight excluding hydrogens is 316 g/mol. The van der Waals surface area contributed by atoms with Gasteiger partial charge in [0, 0.05) is 17.6 Å². The van der Waals surface area contributed by atoms with Crippen molar-refractivity contribution in [1.29, 1.82) is 0 Å². The van der Waals surface area contributed by atoms with E-state index in [0.717, 1.165) is 28.7 Å². The van der Waals surface area contributed by atoms with Crippen LogP contribution in [0, 0.1) is 0 Å². The van der Waals surface area contributed by atoms with Crippen LogP contribution in [0.4, 0.5) is 11.4 Å². The molecule has 0 radical (unpaired) electrons. The van der Waals surface area contributed by atoms with Crippen molar-refractivity contribution < 1.29 is 4.79 Å². The molecule has 0 unspecified atom stereocenters. The summed E-state index contributed by atoms with van der Waals surface area (Å²) in [6.07, 6.45) is 7.40. The van der Waals surface area contributed by atoms with E-state index in [1.807, 2.05) is 13.1 Å². The molecule has 108 valence electrons. The van der Waals surface area contributed by atoms with Crippen molar-refractivity contribution in [1.82, 2.24) is 0 Å². The van der Waals surface area contributed by atoms with Gasteiger partial charge in [-0.15, -0.1) is 0 Å². The average Bonchev–Trinajstić information content (AvgIpc) is 2.69. The molecule has 1 aliphatic carbocycles. The van der Waals surface area contributed by atoms with Gasteiger partial charge in [0.25, 0.3) is 0 Å². The lowest BCUT2D eigenvalue weighted by Crippen LogP contribution is -2.49. The van der Waals surface area contributed by atoms with E-state index < -0.39 is 0 Å². The SMILES string of the molecule is CN1CC(=O)N(C2CCCCCC2)c2ccc(Br)cc21. The number of halogens is 1. The predicted octanol–water partition coefficient (Wildman–Crippen LogP) is 3.95. The van der Waals surface area contributed by atoms with Crippen LogP contribution >= 0.6 is 15.9 Å². The van der Waals surface area contributed by atoms with E-state index in [1.54, 1.807) is 0 Å². The molecule has 0 bridgehead atoms. The van der Waals surface area contributed by atoms with Crippen LogP contribution in [0.25, 0.3) is 0 Å². The van der Waals surface area contributed by atoms with E-state index in [4.69, 9.17) is 0 Å². The highest BCUT2D eigenvalue weighted by Crippen LogP contribution is 2.38. The molecular formula is C16H21BrN2O. The van der Waals surface area contributed by atoms with Crippen molar-refractivity contribution in [3.63, 3.8) is 0 Å². The van der Waals surface area contributed by atoms with Crippen LogP contribution in [0.3, 0.4) is 0 Å². The van der Waals surface area contributed by atoms with Crippen LogP contribution in [0.15, 0.2) is 22.7 Å². The molecule has 1 amide bonds. The summed E-state index contributed by atoms with van der Waals surface area (Å²) >= 11 is 3.53. The highest BCUT2D eigenvalue weighted by molar-refractivity contribution is 9.10. The van der Waals surface area contributed by atoms with Gasteiger partial charge in [0.2, 0.25) is 5.91 Å². The number of hydrogen-bond acceptors (Lipinski definition) is 2. The number of likely N-dealkylation sites (N-methyl/N-ethyl adjacent to an activating group) is 1. The van der Waals surface area contributed by atoms with Crippen molar-refractivity contribution >= 4 is 33.2 Å². The first-order chi connectivity index (χ1) is 9.66. The molecule has 0 spiro atoms. The van der Waals surface area contributed by atoms with Crippen molar-refractivity contribution in [2.75, 3.05) is 23.4 Å². The first kappa shape index (κ1) is 13.9. The monoisotopic (exact) mass is 336 g/mol. The predicted molar refractivity (Wildman–Crippen MR) is 86.4 cm³/mol. The third kappa shape index (κ3) is 2.58. The molecule has 4 heteroatoms. The van der Waals surface area contributed by atoms with Gasteiger partial charge in [-0.3, -0.25) is 4.79 Å². The van der Waals surface area contributed by atoms with Crippen LogP contribution < -0.4 is 9.80 Å². The molecule has 0 saturated heterocycles. The third-order valence-electron chi connectivity index (χ3n) is 4.44. The number of hydrogen-bond donors (Lipinski definition) is 0. The minimum absolute atomic E-state index is 0.245. The van der Waals surface area contributed by atoms with Crippen molar-refractivity contribution in [2.24, 2.45) is 0 Å². The van der Waals surface area contributed by atoms with E-state index in [1.165, 1.54) is 25.7 Å². The number of carbonyl (C=O) groups is 1. The van der Waals surface area contributed by atoms with Crippen molar-refractivity contribution in [3.05, 3.63) is 22.7 Å². The molecule has 20 heavy (non-hydrogen) atoms. The zero-order chi connectivity index (χ0) is 14.1. The lowest BCUT2D eigenvalue weighted by atomic mass is 10.0. The smallest absolute Gasteiger partial charge is 0.246 e. The minimum Gasteiger partial charge on any atom is -0.364 e. The Bertz CT molecular complexity index is 509. The number of amides is 1. The normalized spacial score (nSPS) is 20.8. The van der Waals surface area contributed by atoms with Gasteiger partial charge in [0.1, 0.15) is 0 Å². The molecule has 0 N–H and O–H groups in total. The van der Waals surface area contributed by atoms with Crippen LogP contribution in [-0.2, 0) is 4.79 Å². The lowest BCUT2D eigenvalue weighted by molar-refractivity contribution is -0.118. The maximum absolute atomic E-state index is 12.5. The summed E-state index contributed by atoms with van der Waals surface area (Å²) in [4.78, 5) is 16.7. The fourth-order valence-electron chi connectivity index (χ4n) is 3.42. The Morgan fingerprint density at radius 2 is 1.80 bits per heavy atom. The Balaban J connectivity index is 1.97. The van der Waals surface area contributed by atoms with Crippen LogP contribution in [0.1, 0.15) is 38.5 Å². The summed E-state index contributed by atoms with van der Waals surface area (Å²) in [5.41, 5.74) is 2.24. The summed E-state index contributed by atoms with van der Waals surface area (Å²) in [6, 6.07) is 6.62. The quantitative estimate of drug-likeness (QED) is 0.725. The van der Waals surface area contributed by atoms with Gasteiger partial charge in [-0.2, -0.15) is 0 Å². The Labute approximate surface area is 129 Å². The zero-order valence-electron chi connectivity index (χ0n) is 11.9. The zero-order valence-corrected chi connectivity index (χ0v) is 13.5. The lowest BCUT2D eigenvalue weighted by Gasteiger charge is -2.39. The Hall–Kier alpha value is -1.03. The van der Waals surface area contributed by atoms with Crippen molar-refractivity contribution in [2.45, 2.75) is 44.6 Å². The van der Waals surface area contributed by atoms with Gasteiger partial charge < -0.3 is 9.80 Å². The molecule has 1 aromatic rings. The molecule has 2 aliphatic rings. The maximum Gasteiger partial charge on any atom is 0.246 e. The van der Waals surface area contributed by atoms with Crippen LogP contribution in [0.2, 0.25) is 0 Å². The molecule has 3 nitrogen and oxygen atoms in total. The van der Waals surface area contributed by atoms with E-state index in [-0.39, 0.29) is 5.91 Å². The Morgan fingerprint density at radius 3 is 2.50 bits per heavy atom. The second-order valence-corrected chi connectivity index (χ2v) is 6.81. The summed E-state index contributed by atoms with van der Waals surface area (Å²) in [5, 5.41) is 0. The second-order valence-electron chi connectivity index (χ2n) is 5.90. The maximum atomic E-state index is 12.5. The van der Waals surface area contributed by atoms with E-state index in [9.17, 15) is 4.79 Å². The number of carbonyl (C=O) groups excluding carboxylic acids is 1. The largest absolute Gasteiger partial charge is 0.364 e. The third-order valence-corrected chi connectivity index (χ3v) is 4.93. The minimum atomic E-state index is 0.245. The van der Waals surface area contributed by atoms with Crippen LogP contribution in [-0.4, -0.2) is 25.5 Å². The van der Waals surface area contributed by atoms with Gasteiger partial charge in [-0.1, -0.05) is 41.6 Å². The number of rotatable bonds is 1. The van der Waals surface area contributed by atoms with Gasteiger partial charge >= 0.3 is 0 Å². The standard InChI is InChI=1S/C16H21BrN2O/c1-18-11-16(20)19(13-6-4-2-3-5-7-13)14-9-8-12(17)10-15(14)18/h8-10,13H,2-7,11H2,1H3. The Morgan fingerprint density at radius 1 is 1.10 bits per heavy atom.